The van der Waals surface area contributed by atoms with Crippen LogP contribution in [-0.2, 0) is 32.4 Å². The summed E-state index contributed by atoms with van der Waals surface area (Å²) in [7, 11) is 0. The Bertz CT molecular complexity index is 1520. The molecular formula is C47H65NO. The quantitative estimate of drug-likeness (QED) is 0.216. The van der Waals surface area contributed by atoms with Crippen molar-refractivity contribution in [2.45, 2.75) is 145 Å². The fourth-order valence-corrected chi connectivity index (χ4v) is 6.70. The van der Waals surface area contributed by atoms with Crippen molar-refractivity contribution < 1.29 is 4.74 Å². The maximum absolute atomic E-state index is 5.56. The highest BCUT2D eigenvalue weighted by Gasteiger charge is 2.19. The smallest absolute Gasteiger partial charge is 0.122 e. The Morgan fingerprint density at radius 2 is 1.00 bits per heavy atom. The molecule has 3 aliphatic rings. The standard InChI is InChI=1S/C13H18.C12H16O.C11H15N.C11H16/c1-10(2)12-8-7-11-5-3-4-6-13(11)9-12;1-9(2)10-5-6-12-11(8-10)4-3-7-13-12;1-9(2)12-7-10-5-3-4-6-11(10)8-12;1-8(2)11-6-5-9(3)10(4)7-11/h7-10H,3-6H2,1-2H3;5-6,8-9H,3-4,7H2,1-2H3;3-6,9H,7-8H2,1-2H3;5-8H,1-4H3. The van der Waals surface area contributed by atoms with Gasteiger partial charge in [-0.2, -0.15) is 0 Å². The van der Waals surface area contributed by atoms with E-state index in [4.69, 9.17) is 4.74 Å². The molecule has 2 aliphatic heterocycles. The third kappa shape index (κ3) is 11.3. The van der Waals surface area contributed by atoms with Crippen LogP contribution in [0.3, 0.4) is 0 Å². The van der Waals surface area contributed by atoms with Crippen molar-refractivity contribution in [1.29, 1.82) is 0 Å². The van der Waals surface area contributed by atoms with Crippen LogP contribution in [0.5, 0.6) is 5.75 Å². The van der Waals surface area contributed by atoms with Gasteiger partial charge in [0.2, 0.25) is 0 Å². The van der Waals surface area contributed by atoms with E-state index in [2.05, 4.69) is 153 Å². The lowest BCUT2D eigenvalue weighted by molar-refractivity contribution is 0.227. The minimum atomic E-state index is 0.618. The Balaban J connectivity index is 0.000000148. The van der Waals surface area contributed by atoms with Gasteiger partial charge in [-0.05, 0) is 146 Å². The highest BCUT2D eigenvalue weighted by Crippen LogP contribution is 2.29. The molecule has 0 amide bonds. The lowest BCUT2D eigenvalue weighted by Crippen LogP contribution is -2.24. The first-order chi connectivity index (χ1) is 23.4. The van der Waals surface area contributed by atoms with E-state index in [1.807, 2.05) is 0 Å². The number of hydrogen-bond donors (Lipinski definition) is 0. The van der Waals surface area contributed by atoms with Crippen molar-refractivity contribution >= 4 is 0 Å². The molecule has 2 nitrogen and oxygen atoms in total. The van der Waals surface area contributed by atoms with Crippen LogP contribution in [-0.4, -0.2) is 17.5 Å². The van der Waals surface area contributed by atoms with Gasteiger partial charge in [-0.15, -0.1) is 0 Å². The zero-order chi connectivity index (χ0) is 35.5. The summed E-state index contributed by atoms with van der Waals surface area (Å²) in [5, 5.41) is 0. The second kappa shape index (κ2) is 18.6. The van der Waals surface area contributed by atoms with Crippen LogP contribution in [0.25, 0.3) is 0 Å². The fourth-order valence-electron chi connectivity index (χ4n) is 6.70. The summed E-state index contributed by atoms with van der Waals surface area (Å²) in [6, 6.07) is 29.7. The first-order valence-corrected chi connectivity index (χ1v) is 19.2. The zero-order valence-electron chi connectivity index (χ0n) is 32.5. The Morgan fingerprint density at radius 1 is 0.490 bits per heavy atom. The molecule has 0 saturated carbocycles. The first-order valence-electron chi connectivity index (χ1n) is 19.2. The third-order valence-electron chi connectivity index (χ3n) is 10.4. The molecule has 4 aromatic carbocycles. The Morgan fingerprint density at radius 3 is 1.57 bits per heavy atom. The van der Waals surface area contributed by atoms with Crippen molar-refractivity contribution in [3.63, 3.8) is 0 Å². The summed E-state index contributed by atoms with van der Waals surface area (Å²) in [5.74, 6) is 3.03. The minimum Gasteiger partial charge on any atom is -0.493 e. The van der Waals surface area contributed by atoms with E-state index in [1.165, 1.54) is 76.6 Å². The SMILES string of the molecule is CC(C)N1Cc2ccccc2C1.CC(C)c1ccc2c(c1)CCCC2.CC(C)c1ccc2c(c1)CCCO2.Cc1ccc(C(C)C)cc1C. The molecule has 1 aliphatic carbocycles. The molecule has 0 bridgehead atoms. The van der Waals surface area contributed by atoms with E-state index < -0.39 is 0 Å². The molecular weight excluding hydrogens is 595 g/mol. The molecule has 0 N–H and O–H groups in total. The van der Waals surface area contributed by atoms with Crippen LogP contribution in [0, 0.1) is 13.8 Å². The van der Waals surface area contributed by atoms with Gasteiger partial charge in [0.1, 0.15) is 5.75 Å². The molecule has 0 unspecified atom stereocenters. The molecule has 49 heavy (non-hydrogen) atoms. The number of rotatable bonds is 4. The van der Waals surface area contributed by atoms with Gasteiger partial charge in [-0.25, -0.2) is 0 Å². The van der Waals surface area contributed by atoms with E-state index in [0.29, 0.717) is 23.8 Å². The Labute approximate surface area is 300 Å². The Hall–Kier alpha value is -3.36. The van der Waals surface area contributed by atoms with Gasteiger partial charge in [0, 0.05) is 19.1 Å². The fraction of sp³-hybridized carbons (Fsp3) is 0.489. The van der Waals surface area contributed by atoms with Gasteiger partial charge >= 0.3 is 0 Å². The van der Waals surface area contributed by atoms with Crippen molar-refractivity contribution in [2.75, 3.05) is 6.61 Å². The second-order valence-electron chi connectivity index (χ2n) is 15.6. The number of fused-ring (bicyclic) bond motifs is 3. The van der Waals surface area contributed by atoms with Gasteiger partial charge in [0.15, 0.2) is 0 Å². The normalized spacial score (nSPS) is 14.8. The molecule has 0 saturated heterocycles. The van der Waals surface area contributed by atoms with Crippen LogP contribution in [0.2, 0.25) is 0 Å². The summed E-state index contributed by atoms with van der Waals surface area (Å²) < 4.78 is 5.56. The maximum atomic E-state index is 5.56. The number of hydrogen-bond acceptors (Lipinski definition) is 2. The van der Waals surface area contributed by atoms with E-state index in [1.54, 1.807) is 11.1 Å². The van der Waals surface area contributed by atoms with Crippen LogP contribution in [0.15, 0.2) is 78.9 Å². The monoisotopic (exact) mass is 660 g/mol. The summed E-state index contributed by atoms with van der Waals surface area (Å²) in [6.07, 6.45) is 7.70. The zero-order valence-corrected chi connectivity index (χ0v) is 32.5. The predicted octanol–water partition coefficient (Wildman–Crippen LogP) is 12.7. The summed E-state index contributed by atoms with van der Waals surface area (Å²) >= 11 is 0. The molecule has 2 heterocycles. The minimum absolute atomic E-state index is 0.618. The van der Waals surface area contributed by atoms with E-state index in [-0.39, 0.29) is 0 Å². The summed E-state index contributed by atoms with van der Waals surface area (Å²) in [4.78, 5) is 2.49. The molecule has 0 fully saturated rings. The topological polar surface area (TPSA) is 12.5 Å². The van der Waals surface area contributed by atoms with E-state index >= 15 is 0 Å². The van der Waals surface area contributed by atoms with Crippen LogP contribution in [0.1, 0.15) is 148 Å². The van der Waals surface area contributed by atoms with Gasteiger partial charge in [0.25, 0.3) is 0 Å². The van der Waals surface area contributed by atoms with Gasteiger partial charge in [-0.1, -0.05) is 114 Å². The van der Waals surface area contributed by atoms with E-state index in [0.717, 1.165) is 31.9 Å². The average Bonchev–Trinajstić information content (AvgIpc) is 3.55. The highest BCUT2D eigenvalue weighted by molar-refractivity contribution is 5.39. The van der Waals surface area contributed by atoms with E-state index in [9.17, 15) is 0 Å². The number of nitrogens with zero attached hydrogens (tertiary/aromatic N) is 1. The van der Waals surface area contributed by atoms with Crippen molar-refractivity contribution in [2.24, 2.45) is 0 Å². The first kappa shape index (κ1) is 38.4. The Kier molecular flexibility index (Phi) is 14.6. The molecule has 2 heteroatoms. The predicted molar refractivity (Wildman–Crippen MR) is 212 cm³/mol. The lowest BCUT2D eigenvalue weighted by atomic mass is 9.88. The third-order valence-corrected chi connectivity index (χ3v) is 10.4. The molecule has 264 valence electrons. The van der Waals surface area contributed by atoms with Crippen molar-refractivity contribution in [3.8, 4) is 5.75 Å². The van der Waals surface area contributed by atoms with Crippen LogP contribution >= 0.6 is 0 Å². The number of benzene rings is 4. The molecule has 0 spiro atoms. The largest absolute Gasteiger partial charge is 0.493 e. The van der Waals surface area contributed by atoms with Crippen molar-refractivity contribution in [3.05, 3.63) is 134 Å². The maximum Gasteiger partial charge on any atom is 0.122 e. The average molecular weight is 660 g/mol. The van der Waals surface area contributed by atoms with Crippen LogP contribution < -0.4 is 4.74 Å². The molecule has 7 rings (SSSR count). The van der Waals surface area contributed by atoms with Crippen LogP contribution in [0.4, 0.5) is 0 Å². The summed E-state index contributed by atoms with van der Waals surface area (Å²) in [5.41, 5.74) is 14.7. The lowest BCUT2D eigenvalue weighted by Gasteiger charge is -2.18. The number of aryl methyl sites for hydroxylation is 5. The second-order valence-corrected chi connectivity index (χ2v) is 15.6. The number of ether oxygens (including phenoxy) is 1. The summed E-state index contributed by atoms with van der Waals surface area (Å²) in [6.45, 7) is 25.4. The van der Waals surface area contributed by atoms with Gasteiger partial charge in [-0.3, -0.25) is 4.90 Å². The molecule has 0 atom stereocenters. The molecule has 0 radical (unpaired) electrons. The van der Waals surface area contributed by atoms with Gasteiger partial charge in [0.05, 0.1) is 6.61 Å². The van der Waals surface area contributed by atoms with Gasteiger partial charge < -0.3 is 4.74 Å². The molecule has 0 aromatic heterocycles. The highest BCUT2D eigenvalue weighted by atomic mass is 16.5. The van der Waals surface area contributed by atoms with Crippen molar-refractivity contribution in [1.82, 2.24) is 4.90 Å². The molecule has 4 aromatic rings.